The summed E-state index contributed by atoms with van der Waals surface area (Å²) in [4.78, 5) is 35.8. The van der Waals surface area contributed by atoms with Gasteiger partial charge in [0.2, 0.25) is 11.8 Å². The number of hydrogen-bond donors (Lipinski definition) is 3. The molecule has 1 atom stereocenters. The first-order chi connectivity index (χ1) is 11.7. The van der Waals surface area contributed by atoms with Gasteiger partial charge in [-0.25, -0.2) is 4.79 Å². The van der Waals surface area contributed by atoms with Crippen LogP contribution in [0.15, 0.2) is 29.9 Å². The summed E-state index contributed by atoms with van der Waals surface area (Å²) < 4.78 is 1.27. The van der Waals surface area contributed by atoms with Crippen LogP contribution in [0.2, 0.25) is 0 Å². The number of amides is 2. The van der Waals surface area contributed by atoms with Gasteiger partial charge >= 0.3 is 5.97 Å². The molecule has 2 heterocycles. The van der Waals surface area contributed by atoms with Crippen LogP contribution in [0.3, 0.4) is 0 Å². The molecular weight excluding hydrogens is 344 g/mol. The van der Waals surface area contributed by atoms with Crippen molar-refractivity contribution >= 4 is 34.8 Å². The Kier molecular flexibility index (Phi) is 5.58. The molecule has 3 N–H and O–H groups in total. The molecule has 0 saturated carbocycles. The number of aromatic nitrogens is 2. The lowest BCUT2D eigenvalue weighted by atomic mass is 10.1. The molecule has 0 aliphatic carbocycles. The second-order valence-corrected chi connectivity index (χ2v) is 7.04. The Balaban J connectivity index is 2.05. The molecule has 2 amide bonds. The molecule has 0 aliphatic heterocycles. The van der Waals surface area contributed by atoms with Crippen molar-refractivity contribution in [1.82, 2.24) is 15.1 Å². The van der Waals surface area contributed by atoms with Crippen molar-refractivity contribution in [3.63, 3.8) is 0 Å². The number of aliphatic carboxylic acids is 1. The first-order valence-corrected chi connectivity index (χ1v) is 8.47. The Hall–Kier alpha value is -2.68. The monoisotopic (exact) mass is 364 g/mol. The Morgan fingerprint density at radius 1 is 1.40 bits per heavy atom. The average molecular weight is 364 g/mol. The van der Waals surface area contributed by atoms with E-state index in [1.807, 2.05) is 17.5 Å². The number of nitrogens with zero attached hydrogens (tertiary/aromatic N) is 2. The van der Waals surface area contributed by atoms with E-state index in [2.05, 4.69) is 15.7 Å². The maximum Gasteiger partial charge on any atom is 0.331 e. The van der Waals surface area contributed by atoms with Crippen LogP contribution in [0.4, 0.5) is 5.69 Å². The first kappa shape index (κ1) is 18.7. The van der Waals surface area contributed by atoms with Gasteiger partial charge in [0.15, 0.2) is 5.54 Å². The SMILES string of the molecule is CC(=O)NC(CC(=O)Nc1cnn(C(C)(C)C(=O)O)c1)c1cccs1. The minimum atomic E-state index is -1.22. The van der Waals surface area contributed by atoms with Gasteiger partial charge in [0.05, 0.1) is 24.3 Å². The van der Waals surface area contributed by atoms with E-state index in [4.69, 9.17) is 0 Å². The molecule has 0 aromatic carbocycles. The fourth-order valence-corrected chi connectivity index (χ4v) is 2.92. The Morgan fingerprint density at radius 3 is 2.68 bits per heavy atom. The molecule has 8 nitrogen and oxygen atoms in total. The van der Waals surface area contributed by atoms with Crippen molar-refractivity contribution in [2.24, 2.45) is 0 Å². The van der Waals surface area contributed by atoms with E-state index >= 15 is 0 Å². The quantitative estimate of drug-likeness (QED) is 0.695. The molecule has 2 aromatic heterocycles. The molecule has 0 aliphatic rings. The Bertz CT molecular complexity index is 767. The predicted octanol–water partition coefficient (Wildman–Crippen LogP) is 1.97. The van der Waals surface area contributed by atoms with Crippen LogP contribution in [0, 0.1) is 0 Å². The first-order valence-electron chi connectivity index (χ1n) is 7.59. The minimum Gasteiger partial charge on any atom is -0.479 e. The Morgan fingerprint density at radius 2 is 2.12 bits per heavy atom. The highest BCUT2D eigenvalue weighted by Gasteiger charge is 2.30. The van der Waals surface area contributed by atoms with E-state index in [9.17, 15) is 19.5 Å². The Labute approximate surface area is 148 Å². The number of hydrogen-bond acceptors (Lipinski definition) is 5. The lowest BCUT2D eigenvalue weighted by Gasteiger charge is -2.19. The summed E-state index contributed by atoms with van der Waals surface area (Å²) in [5.74, 6) is -1.56. The van der Waals surface area contributed by atoms with Crippen molar-refractivity contribution in [3.8, 4) is 0 Å². The summed E-state index contributed by atoms with van der Waals surface area (Å²) in [5.41, 5.74) is -0.828. The predicted molar refractivity (Wildman–Crippen MR) is 93.3 cm³/mol. The number of carbonyl (C=O) groups excluding carboxylic acids is 2. The lowest BCUT2D eigenvalue weighted by molar-refractivity contribution is -0.146. The lowest BCUT2D eigenvalue weighted by Crippen LogP contribution is -2.35. The molecular formula is C16H20N4O4S. The van der Waals surface area contributed by atoms with Gasteiger partial charge in [-0.15, -0.1) is 11.3 Å². The van der Waals surface area contributed by atoms with Crippen LogP contribution in [-0.4, -0.2) is 32.7 Å². The zero-order valence-electron chi connectivity index (χ0n) is 14.1. The number of rotatable bonds is 7. The standard InChI is InChI=1S/C16H20N4O4S/c1-10(21)18-12(13-5-4-6-25-13)7-14(22)19-11-8-17-20(9-11)16(2,3)15(23)24/h4-6,8-9,12H,7H2,1-3H3,(H,18,21)(H,19,22)(H,23,24). The van der Waals surface area contributed by atoms with Gasteiger partial charge < -0.3 is 15.7 Å². The summed E-state index contributed by atoms with van der Waals surface area (Å²) in [6.45, 7) is 4.42. The zero-order valence-corrected chi connectivity index (χ0v) is 15.0. The van der Waals surface area contributed by atoms with Crippen LogP contribution < -0.4 is 10.6 Å². The van der Waals surface area contributed by atoms with Crippen LogP contribution in [0.5, 0.6) is 0 Å². The molecule has 2 aromatic rings. The van der Waals surface area contributed by atoms with Gasteiger partial charge in [-0.1, -0.05) is 6.07 Å². The molecule has 25 heavy (non-hydrogen) atoms. The van der Waals surface area contributed by atoms with Crippen molar-refractivity contribution in [3.05, 3.63) is 34.8 Å². The van der Waals surface area contributed by atoms with Crippen molar-refractivity contribution < 1.29 is 19.5 Å². The number of carboxylic acid groups (broad SMARTS) is 1. The fraction of sp³-hybridized carbons (Fsp3) is 0.375. The van der Waals surface area contributed by atoms with Gasteiger partial charge in [0.25, 0.3) is 0 Å². The molecule has 2 rings (SSSR count). The maximum atomic E-state index is 12.3. The van der Waals surface area contributed by atoms with E-state index in [1.54, 1.807) is 0 Å². The summed E-state index contributed by atoms with van der Waals surface area (Å²) in [6, 6.07) is 3.29. The van der Waals surface area contributed by atoms with Gasteiger partial charge in [-0.2, -0.15) is 5.10 Å². The number of carbonyl (C=O) groups is 3. The molecule has 1 unspecified atom stereocenters. The van der Waals surface area contributed by atoms with Crippen molar-refractivity contribution in [2.45, 2.75) is 38.8 Å². The average Bonchev–Trinajstić information content (AvgIpc) is 3.17. The molecule has 0 saturated heterocycles. The third-order valence-electron chi connectivity index (χ3n) is 3.62. The number of thiophene rings is 1. The van der Waals surface area contributed by atoms with Crippen LogP contribution >= 0.6 is 11.3 Å². The third kappa shape index (κ3) is 4.66. The van der Waals surface area contributed by atoms with Crippen molar-refractivity contribution in [2.75, 3.05) is 5.32 Å². The molecule has 134 valence electrons. The highest BCUT2D eigenvalue weighted by atomic mass is 32.1. The second kappa shape index (κ2) is 7.47. The number of nitrogens with one attached hydrogen (secondary N) is 2. The van der Waals surface area contributed by atoms with E-state index in [0.717, 1.165) is 4.88 Å². The van der Waals surface area contributed by atoms with Gasteiger partial charge in [-0.05, 0) is 25.3 Å². The summed E-state index contributed by atoms with van der Waals surface area (Å²) in [7, 11) is 0. The number of anilines is 1. The second-order valence-electron chi connectivity index (χ2n) is 6.06. The normalized spacial score (nSPS) is 12.4. The van der Waals surface area contributed by atoms with Crippen molar-refractivity contribution in [1.29, 1.82) is 0 Å². The highest BCUT2D eigenvalue weighted by Crippen LogP contribution is 2.23. The minimum absolute atomic E-state index is 0.0631. The largest absolute Gasteiger partial charge is 0.479 e. The zero-order chi connectivity index (χ0) is 18.6. The van der Waals surface area contributed by atoms with Crippen LogP contribution in [0.25, 0.3) is 0 Å². The third-order valence-corrected chi connectivity index (χ3v) is 4.60. The smallest absolute Gasteiger partial charge is 0.331 e. The van der Waals surface area contributed by atoms with Crippen LogP contribution in [-0.2, 0) is 19.9 Å². The van der Waals surface area contributed by atoms with Crippen LogP contribution in [0.1, 0.15) is 38.1 Å². The van der Waals surface area contributed by atoms with Gasteiger partial charge in [-0.3, -0.25) is 14.3 Å². The topological polar surface area (TPSA) is 113 Å². The molecule has 0 spiro atoms. The summed E-state index contributed by atoms with van der Waals surface area (Å²) >= 11 is 1.46. The maximum absolute atomic E-state index is 12.3. The van der Waals surface area contributed by atoms with E-state index in [1.165, 1.54) is 49.2 Å². The highest BCUT2D eigenvalue weighted by molar-refractivity contribution is 7.10. The van der Waals surface area contributed by atoms with Gasteiger partial charge in [0, 0.05) is 18.0 Å². The summed E-state index contributed by atoms with van der Waals surface area (Å²) in [6.07, 6.45) is 2.92. The van der Waals surface area contributed by atoms with E-state index in [-0.39, 0.29) is 18.2 Å². The molecule has 0 fully saturated rings. The van der Waals surface area contributed by atoms with Gasteiger partial charge in [0.1, 0.15) is 0 Å². The van der Waals surface area contributed by atoms with E-state index in [0.29, 0.717) is 5.69 Å². The number of carboxylic acids is 1. The fourth-order valence-electron chi connectivity index (χ4n) is 2.15. The molecule has 0 radical (unpaired) electrons. The molecule has 9 heteroatoms. The molecule has 0 bridgehead atoms. The van der Waals surface area contributed by atoms with E-state index < -0.39 is 17.6 Å². The summed E-state index contributed by atoms with van der Waals surface area (Å²) in [5, 5.41) is 20.5.